The molecule has 4 rings (SSSR count). The van der Waals surface area contributed by atoms with Gasteiger partial charge >= 0.3 is 0 Å². The Kier molecular flexibility index (Phi) is 7.00. The number of hydrogen-bond donors (Lipinski definition) is 0. The summed E-state index contributed by atoms with van der Waals surface area (Å²) in [7, 11) is 1.89. The zero-order chi connectivity index (χ0) is 22.3. The third-order valence-electron chi connectivity index (χ3n) is 5.99. The van der Waals surface area contributed by atoms with E-state index in [9.17, 15) is 4.79 Å². The highest BCUT2D eigenvalue weighted by atomic mass is 16.5. The zero-order valence-corrected chi connectivity index (χ0v) is 18.8. The Morgan fingerprint density at radius 1 is 1.03 bits per heavy atom. The number of anilines is 1. The fourth-order valence-corrected chi connectivity index (χ4v) is 4.08. The normalized spacial score (nSPS) is 14.2. The molecule has 0 radical (unpaired) electrons. The maximum absolute atomic E-state index is 12.9. The Morgan fingerprint density at radius 2 is 1.75 bits per heavy atom. The lowest BCUT2D eigenvalue weighted by molar-refractivity contribution is -0.135. The lowest BCUT2D eigenvalue weighted by atomic mass is 9.95. The quantitative estimate of drug-likeness (QED) is 0.543. The number of piperidine rings is 1. The predicted octanol–water partition coefficient (Wildman–Crippen LogP) is 4.71. The maximum atomic E-state index is 12.9. The molecule has 0 bridgehead atoms. The molecule has 0 atom stereocenters. The Balaban J connectivity index is 1.32. The van der Waals surface area contributed by atoms with Gasteiger partial charge < -0.3 is 14.5 Å². The number of nitrogens with zero attached hydrogens (tertiary/aromatic N) is 4. The number of aromatic nitrogens is 2. The molecule has 1 saturated heterocycles. The van der Waals surface area contributed by atoms with Crippen LogP contribution in [0.3, 0.4) is 0 Å². The van der Waals surface area contributed by atoms with E-state index in [1.165, 1.54) is 11.9 Å². The molecule has 2 aromatic carbocycles. The minimum Gasteiger partial charge on any atom is -0.439 e. The van der Waals surface area contributed by atoms with Gasteiger partial charge in [0, 0.05) is 38.7 Å². The summed E-state index contributed by atoms with van der Waals surface area (Å²) in [6.45, 7) is 4.35. The lowest BCUT2D eigenvalue weighted by Gasteiger charge is -2.33. The highest BCUT2D eigenvalue weighted by Crippen LogP contribution is 2.27. The van der Waals surface area contributed by atoms with E-state index in [0.29, 0.717) is 12.4 Å². The fourth-order valence-electron chi connectivity index (χ4n) is 4.08. The molecule has 1 aliphatic heterocycles. The number of amides is 1. The number of carbonyl (C=O) groups is 1. The van der Waals surface area contributed by atoms with E-state index in [4.69, 9.17) is 4.74 Å². The van der Waals surface area contributed by atoms with Gasteiger partial charge in [-0.3, -0.25) is 4.79 Å². The average molecular weight is 431 g/mol. The summed E-state index contributed by atoms with van der Waals surface area (Å²) in [6.07, 6.45) is 4.17. The molecule has 6 heteroatoms. The van der Waals surface area contributed by atoms with Gasteiger partial charge in [-0.05, 0) is 42.5 Å². The van der Waals surface area contributed by atoms with Crippen molar-refractivity contribution >= 4 is 11.7 Å². The van der Waals surface area contributed by atoms with Crippen LogP contribution in [0.2, 0.25) is 0 Å². The molecule has 1 aromatic heterocycles. The van der Waals surface area contributed by atoms with Gasteiger partial charge in [0.25, 0.3) is 0 Å². The van der Waals surface area contributed by atoms with Crippen molar-refractivity contribution < 1.29 is 9.53 Å². The van der Waals surface area contributed by atoms with Gasteiger partial charge in [0.05, 0.1) is 0 Å². The first kappa shape index (κ1) is 21.8. The molecule has 166 valence electrons. The lowest BCUT2D eigenvalue weighted by Crippen LogP contribution is -2.41. The summed E-state index contributed by atoms with van der Waals surface area (Å²) in [6, 6.07) is 20.0. The molecule has 0 spiro atoms. The van der Waals surface area contributed by atoms with Crippen LogP contribution in [-0.4, -0.2) is 40.9 Å². The van der Waals surface area contributed by atoms with E-state index in [1.807, 2.05) is 48.3 Å². The topological polar surface area (TPSA) is 58.6 Å². The van der Waals surface area contributed by atoms with E-state index in [1.54, 1.807) is 0 Å². The standard InChI is InChI=1S/C26H30N4O2/c1-3-20-9-11-23(12-10-20)32-25-17-24(27-19-28-25)30-15-13-22(14-16-30)26(31)29(2)18-21-7-5-4-6-8-21/h4-12,17,19,22H,3,13-16,18H2,1-2H3. The molecule has 0 aliphatic carbocycles. The van der Waals surface area contributed by atoms with Crippen molar-refractivity contribution in [2.24, 2.45) is 5.92 Å². The SMILES string of the molecule is CCc1ccc(Oc2cc(N3CCC(C(=O)N(C)Cc4ccccc4)CC3)ncn2)cc1. The van der Waals surface area contributed by atoms with Crippen molar-refractivity contribution in [2.75, 3.05) is 25.0 Å². The fraction of sp³-hybridized carbons (Fsp3) is 0.346. The molecule has 6 nitrogen and oxygen atoms in total. The first-order chi connectivity index (χ1) is 15.6. The smallest absolute Gasteiger partial charge is 0.225 e. The monoisotopic (exact) mass is 430 g/mol. The number of hydrogen-bond acceptors (Lipinski definition) is 5. The van der Waals surface area contributed by atoms with E-state index < -0.39 is 0 Å². The summed E-state index contributed by atoms with van der Waals surface area (Å²) in [5.41, 5.74) is 2.42. The summed E-state index contributed by atoms with van der Waals surface area (Å²) in [5, 5.41) is 0. The van der Waals surface area contributed by atoms with Gasteiger partial charge in [0.1, 0.15) is 17.9 Å². The number of aryl methyl sites for hydroxylation is 1. The van der Waals surface area contributed by atoms with Crippen molar-refractivity contribution in [1.82, 2.24) is 14.9 Å². The molecule has 1 aliphatic rings. The van der Waals surface area contributed by atoms with Crippen LogP contribution >= 0.6 is 0 Å². The third-order valence-corrected chi connectivity index (χ3v) is 5.99. The van der Waals surface area contributed by atoms with Crippen LogP contribution in [-0.2, 0) is 17.8 Å². The van der Waals surface area contributed by atoms with E-state index >= 15 is 0 Å². The maximum Gasteiger partial charge on any atom is 0.225 e. The minimum atomic E-state index is 0.0506. The Labute approximate surface area is 189 Å². The molecule has 1 fully saturated rings. The van der Waals surface area contributed by atoms with Crippen LogP contribution in [0, 0.1) is 5.92 Å². The minimum absolute atomic E-state index is 0.0506. The van der Waals surface area contributed by atoms with Gasteiger partial charge in [-0.25, -0.2) is 9.97 Å². The molecule has 2 heterocycles. The molecular formula is C26H30N4O2. The van der Waals surface area contributed by atoms with Crippen molar-refractivity contribution in [3.05, 3.63) is 78.1 Å². The molecule has 32 heavy (non-hydrogen) atoms. The summed E-state index contributed by atoms with van der Waals surface area (Å²) in [4.78, 5) is 25.6. The second-order valence-corrected chi connectivity index (χ2v) is 8.26. The first-order valence-electron chi connectivity index (χ1n) is 11.2. The number of carbonyl (C=O) groups excluding carboxylic acids is 1. The van der Waals surface area contributed by atoms with Crippen molar-refractivity contribution in [3.8, 4) is 11.6 Å². The van der Waals surface area contributed by atoms with Gasteiger partial charge in [-0.1, -0.05) is 49.4 Å². The largest absolute Gasteiger partial charge is 0.439 e. The van der Waals surface area contributed by atoms with Crippen LogP contribution in [0.5, 0.6) is 11.6 Å². The zero-order valence-electron chi connectivity index (χ0n) is 18.8. The summed E-state index contributed by atoms with van der Waals surface area (Å²) >= 11 is 0. The van der Waals surface area contributed by atoms with Gasteiger partial charge in [0.2, 0.25) is 11.8 Å². The second kappa shape index (κ2) is 10.3. The van der Waals surface area contributed by atoms with E-state index in [0.717, 1.165) is 49.5 Å². The first-order valence-corrected chi connectivity index (χ1v) is 11.2. The van der Waals surface area contributed by atoms with Crippen LogP contribution in [0.15, 0.2) is 67.0 Å². The van der Waals surface area contributed by atoms with Crippen LogP contribution < -0.4 is 9.64 Å². The molecule has 0 unspecified atom stereocenters. The highest BCUT2D eigenvalue weighted by molar-refractivity contribution is 5.79. The van der Waals surface area contributed by atoms with Crippen LogP contribution in [0.25, 0.3) is 0 Å². The highest BCUT2D eigenvalue weighted by Gasteiger charge is 2.28. The summed E-state index contributed by atoms with van der Waals surface area (Å²) < 4.78 is 5.92. The Hall–Kier alpha value is -3.41. The second-order valence-electron chi connectivity index (χ2n) is 8.26. The van der Waals surface area contributed by atoms with E-state index in [-0.39, 0.29) is 11.8 Å². The molecule has 1 amide bonds. The van der Waals surface area contributed by atoms with Crippen molar-refractivity contribution in [3.63, 3.8) is 0 Å². The van der Waals surface area contributed by atoms with Gasteiger partial charge in [0.15, 0.2) is 0 Å². The Bertz CT molecular complexity index is 1020. The van der Waals surface area contributed by atoms with Crippen LogP contribution in [0.4, 0.5) is 5.82 Å². The molecule has 3 aromatic rings. The van der Waals surface area contributed by atoms with Gasteiger partial charge in [-0.2, -0.15) is 0 Å². The van der Waals surface area contributed by atoms with Crippen molar-refractivity contribution in [2.45, 2.75) is 32.7 Å². The number of benzene rings is 2. The van der Waals surface area contributed by atoms with Crippen LogP contribution in [0.1, 0.15) is 30.9 Å². The number of rotatable bonds is 7. The summed E-state index contributed by atoms with van der Waals surface area (Å²) in [5.74, 6) is 2.40. The Morgan fingerprint density at radius 3 is 2.44 bits per heavy atom. The average Bonchev–Trinajstić information content (AvgIpc) is 2.85. The molecule has 0 saturated carbocycles. The van der Waals surface area contributed by atoms with E-state index in [2.05, 4.69) is 46.1 Å². The third kappa shape index (κ3) is 5.44. The molecular weight excluding hydrogens is 400 g/mol. The predicted molar refractivity (Wildman–Crippen MR) is 126 cm³/mol. The van der Waals surface area contributed by atoms with Gasteiger partial charge in [-0.15, -0.1) is 0 Å². The van der Waals surface area contributed by atoms with Crippen molar-refractivity contribution in [1.29, 1.82) is 0 Å². The number of ether oxygens (including phenoxy) is 1. The molecule has 0 N–H and O–H groups in total.